The Balaban J connectivity index is 2.33. The number of methoxy groups -OCH3 is 2. The Bertz CT molecular complexity index is 106. The van der Waals surface area contributed by atoms with Crippen LogP contribution in [0.5, 0.6) is 0 Å². The molecule has 1 rings (SSSR count). The number of alkyl halides is 1. The van der Waals surface area contributed by atoms with E-state index in [9.17, 15) is 4.39 Å². The second kappa shape index (κ2) is 3.50. The van der Waals surface area contributed by atoms with Gasteiger partial charge in [0, 0.05) is 19.6 Å². The molecule has 0 N–H and O–H groups in total. The highest BCUT2D eigenvalue weighted by molar-refractivity contribution is 4.93. The van der Waals surface area contributed by atoms with Gasteiger partial charge < -0.3 is 9.47 Å². The lowest BCUT2D eigenvalue weighted by Crippen LogP contribution is -2.45. The standard InChI is InChI=1S/C8H15FO2/c1-10-5-8(6-11-2)3-7(9)4-8/h7H,3-6H2,1-2H3. The van der Waals surface area contributed by atoms with Gasteiger partial charge in [-0.1, -0.05) is 0 Å². The van der Waals surface area contributed by atoms with E-state index in [4.69, 9.17) is 9.47 Å². The number of hydrogen-bond acceptors (Lipinski definition) is 2. The van der Waals surface area contributed by atoms with Crippen molar-refractivity contribution in [3.63, 3.8) is 0 Å². The van der Waals surface area contributed by atoms with Crippen molar-refractivity contribution in [2.24, 2.45) is 5.41 Å². The Hall–Kier alpha value is -0.150. The van der Waals surface area contributed by atoms with Gasteiger partial charge in [0.1, 0.15) is 6.17 Å². The third-order valence-corrected chi connectivity index (χ3v) is 2.21. The van der Waals surface area contributed by atoms with Gasteiger partial charge in [-0.25, -0.2) is 4.39 Å². The van der Waals surface area contributed by atoms with E-state index in [2.05, 4.69) is 0 Å². The van der Waals surface area contributed by atoms with Gasteiger partial charge >= 0.3 is 0 Å². The summed E-state index contributed by atoms with van der Waals surface area (Å²) in [6.45, 7) is 1.22. The molecule has 1 aliphatic rings. The maximum Gasteiger partial charge on any atom is 0.102 e. The minimum atomic E-state index is -0.639. The van der Waals surface area contributed by atoms with Crippen molar-refractivity contribution in [1.29, 1.82) is 0 Å². The lowest BCUT2D eigenvalue weighted by atomic mass is 9.68. The van der Waals surface area contributed by atoms with Crippen LogP contribution in [0.15, 0.2) is 0 Å². The molecule has 0 aromatic heterocycles. The molecule has 3 heteroatoms. The molecular formula is C8H15FO2. The van der Waals surface area contributed by atoms with Gasteiger partial charge in [0.25, 0.3) is 0 Å². The third-order valence-electron chi connectivity index (χ3n) is 2.21. The van der Waals surface area contributed by atoms with Gasteiger partial charge in [-0.05, 0) is 12.8 Å². The first-order chi connectivity index (χ1) is 5.22. The predicted molar refractivity (Wildman–Crippen MR) is 40.3 cm³/mol. The molecule has 0 unspecified atom stereocenters. The second-order valence-corrected chi connectivity index (χ2v) is 3.37. The van der Waals surface area contributed by atoms with Crippen LogP contribution in [0.4, 0.5) is 4.39 Å². The van der Waals surface area contributed by atoms with Crippen LogP contribution in [-0.4, -0.2) is 33.6 Å². The van der Waals surface area contributed by atoms with Crippen molar-refractivity contribution in [3.8, 4) is 0 Å². The fraction of sp³-hybridized carbons (Fsp3) is 1.00. The number of halogens is 1. The molecule has 0 atom stereocenters. The fourth-order valence-electron chi connectivity index (χ4n) is 1.77. The first-order valence-electron chi connectivity index (χ1n) is 3.84. The molecule has 0 bridgehead atoms. The van der Waals surface area contributed by atoms with E-state index in [1.165, 1.54) is 0 Å². The van der Waals surface area contributed by atoms with E-state index in [-0.39, 0.29) is 5.41 Å². The zero-order valence-electron chi connectivity index (χ0n) is 7.10. The average molecular weight is 162 g/mol. The lowest BCUT2D eigenvalue weighted by Gasteiger charge is -2.43. The number of ether oxygens (including phenoxy) is 2. The summed E-state index contributed by atoms with van der Waals surface area (Å²) in [7, 11) is 3.28. The van der Waals surface area contributed by atoms with Crippen LogP contribution in [0.2, 0.25) is 0 Å². The van der Waals surface area contributed by atoms with Crippen LogP contribution in [0.3, 0.4) is 0 Å². The largest absolute Gasteiger partial charge is 0.384 e. The highest BCUT2D eigenvalue weighted by Crippen LogP contribution is 2.43. The molecule has 0 spiro atoms. The fourth-order valence-corrected chi connectivity index (χ4v) is 1.77. The molecule has 0 aliphatic heterocycles. The summed E-state index contributed by atoms with van der Waals surface area (Å²) in [6.07, 6.45) is 0.545. The van der Waals surface area contributed by atoms with Gasteiger partial charge in [-0.3, -0.25) is 0 Å². The van der Waals surface area contributed by atoms with Crippen LogP contribution in [0, 0.1) is 5.41 Å². The molecule has 0 radical (unpaired) electrons. The van der Waals surface area contributed by atoms with E-state index >= 15 is 0 Å². The molecule has 2 nitrogen and oxygen atoms in total. The maximum atomic E-state index is 12.5. The van der Waals surface area contributed by atoms with E-state index in [0.717, 1.165) is 0 Å². The van der Waals surface area contributed by atoms with Gasteiger partial charge in [0.2, 0.25) is 0 Å². The Morgan fingerprint density at radius 3 is 2.00 bits per heavy atom. The second-order valence-electron chi connectivity index (χ2n) is 3.37. The minimum absolute atomic E-state index is 0.0249. The average Bonchev–Trinajstić information content (AvgIpc) is 1.86. The molecule has 0 heterocycles. The summed E-state index contributed by atoms with van der Waals surface area (Å²) >= 11 is 0. The van der Waals surface area contributed by atoms with Crippen molar-refractivity contribution in [1.82, 2.24) is 0 Å². The molecule has 0 aromatic rings. The smallest absolute Gasteiger partial charge is 0.102 e. The van der Waals surface area contributed by atoms with Crippen LogP contribution >= 0.6 is 0 Å². The molecule has 0 amide bonds. The normalized spacial score (nSPS) is 23.2. The van der Waals surface area contributed by atoms with Crippen LogP contribution < -0.4 is 0 Å². The van der Waals surface area contributed by atoms with E-state index in [1.54, 1.807) is 14.2 Å². The minimum Gasteiger partial charge on any atom is -0.384 e. The van der Waals surface area contributed by atoms with E-state index < -0.39 is 6.17 Å². The summed E-state index contributed by atoms with van der Waals surface area (Å²) in [5.74, 6) is 0. The van der Waals surface area contributed by atoms with Crippen molar-refractivity contribution < 1.29 is 13.9 Å². The Kier molecular flexibility index (Phi) is 2.84. The van der Waals surface area contributed by atoms with E-state index in [0.29, 0.717) is 26.1 Å². The van der Waals surface area contributed by atoms with Crippen LogP contribution in [-0.2, 0) is 9.47 Å². The molecule has 66 valence electrons. The van der Waals surface area contributed by atoms with Gasteiger partial charge in [-0.15, -0.1) is 0 Å². The molecule has 0 aromatic carbocycles. The molecular weight excluding hydrogens is 147 g/mol. The van der Waals surface area contributed by atoms with Crippen molar-refractivity contribution >= 4 is 0 Å². The first kappa shape index (κ1) is 8.94. The summed E-state index contributed by atoms with van der Waals surface area (Å²) < 4.78 is 22.6. The maximum absolute atomic E-state index is 12.5. The summed E-state index contributed by atoms with van der Waals surface area (Å²) in [5, 5.41) is 0. The molecule has 0 saturated heterocycles. The van der Waals surface area contributed by atoms with Crippen LogP contribution in [0.25, 0.3) is 0 Å². The number of hydrogen-bond donors (Lipinski definition) is 0. The van der Waals surface area contributed by atoms with E-state index in [1.807, 2.05) is 0 Å². The molecule has 1 fully saturated rings. The zero-order valence-corrected chi connectivity index (χ0v) is 7.10. The Morgan fingerprint density at radius 2 is 1.73 bits per heavy atom. The number of rotatable bonds is 4. The summed E-state index contributed by atoms with van der Waals surface area (Å²) in [6, 6.07) is 0. The van der Waals surface area contributed by atoms with Crippen LogP contribution in [0.1, 0.15) is 12.8 Å². The van der Waals surface area contributed by atoms with Gasteiger partial charge in [-0.2, -0.15) is 0 Å². The first-order valence-corrected chi connectivity index (χ1v) is 3.84. The van der Waals surface area contributed by atoms with Crippen molar-refractivity contribution in [2.75, 3.05) is 27.4 Å². The van der Waals surface area contributed by atoms with Gasteiger partial charge in [0.15, 0.2) is 0 Å². The molecule has 1 saturated carbocycles. The zero-order chi connectivity index (χ0) is 8.32. The Morgan fingerprint density at radius 1 is 1.27 bits per heavy atom. The monoisotopic (exact) mass is 162 g/mol. The van der Waals surface area contributed by atoms with Crippen molar-refractivity contribution in [3.05, 3.63) is 0 Å². The summed E-state index contributed by atoms with van der Waals surface area (Å²) in [4.78, 5) is 0. The highest BCUT2D eigenvalue weighted by atomic mass is 19.1. The quantitative estimate of drug-likeness (QED) is 0.622. The summed E-state index contributed by atoms with van der Waals surface area (Å²) in [5.41, 5.74) is -0.0249. The predicted octanol–water partition coefficient (Wildman–Crippen LogP) is 1.40. The van der Waals surface area contributed by atoms with Gasteiger partial charge in [0.05, 0.1) is 13.2 Å². The SMILES string of the molecule is COCC1(COC)CC(F)C1. The van der Waals surface area contributed by atoms with Crippen molar-refractivity contribution in [2.45, 2.75) is 19.0 Å². The highest BCUT2D eigenvalue weighted by Gasteiger charge is 2.44. The topological polar surface area (TPSA) is 18.5 Å². The molecule has 1 aliphatic carbocycles. The third kappa shape index (κ3) is 1.91. The Labute approximate surface area is 66.7 Å². The molecule has 11 heavy (non-hydrogen) atoms. The lowest BCUT2D eigenvalue weighted by molar-refractivity contribution is -0.0813.